The molecule has 51 heavy (non-hydrogen) atoms. The highest BCUT2D eigenvalue weighted by Crippen LogP contribution is 2.39. The molecule has 0 aliphatic carbocycles. The van der Waals surface area contributed by atoms with Gasteiger partial charge >= 0.3 is 18.3 Å². The molecule has 0 aliphatic heterocycles. The Labute approximate surface area is 286 Å². The highest BCUT2D eigenvalue weighted by molar-refractivity contribution is 5.99. The number of esters is 1. The molecule has 0 saturated heterocycles. The third kappa shape index (κ3) is 8.07. The Morgan fingerprint density at radius 1 is 1.02 bits per heavy atom. The van der Waals surface area contributed by atoms with E-state index >= 15 is 8.78 Å². The van der Waals surface area contributed by atoms with Crippen LogP contribution in [0.25, 0.3) is 22.0 Å². The molecule has 274 valence electrons. The van der Waals surface area contributed by atoms with Gasteiger partial charge in [0.2, 0.25) is 0 Å². The lowest BCUT2D eigenvalue weighted by Gasteiger charge is -2.22. The van der Waals surface area contributed by atoms with Crippen LogP contribution in [0.4, 0.5) is 46.5 Å². The summed E-state index contributed by atoms with van der Waals surface area (Å²) in [7, 11) is 5.62. The Morgan fingerprint density at radius 2 is 1.65 bits per heavy atom. The summed E-state index contributed by atoms with van der Waals surface area (Å²) in [5.41, 5.74) is -4.04. The lowest BCUT2D eigenvalue weighted by Crippen LogP contribution is -2.43. The lowest BCUT2D eigenvalue weighted by molar-refractivity contribution is -0.143. The molecule has 0 radical (unpaired) electrons. The minimum Gasteiger partial charge on any atom is -0.467 e. The zero-order valence-electron chi connectivity index (χ0n) is 28.1. The molecule has 2 aromatic heterocycles. The van der Waals surface area contributed by atoms with Gasteiger partial charge in [-0.2, -0.15) is 26.3 Å². The van der Waals surface area contributed by atoms with Gasteiger partial charge in [-0.3, -0.25) is 14.6 Å². The second kappa shape index (κ2) is 14.6. The van der Waals surface area contributed by atoms with Gasteiger partial charge < -0.3 is 24.8 Å². The molecule has 0 unspecified atom stereocenters. The number of anilines is 2. The number of amides is 1. The van der Waals surface area contributed by atoms with Crippen LogP contribution in [0.15, 0.2) is 47.4 Å². The van der Waals surface area contributed by atoms with Gasteiger partial charge in [0, 0.05) is 49.9 Å². The fourth-order valence-corrected chi connectivity index (χ4v) is 5.47. The number of aryl methyl sites for hydroxylation is 1. The van der Waals surface area contributed by atoms with Gasteiger partial charge in [-0.05, 0) is 43.2 Å². The first-order valence-electron chi connectivity index (χ1n) is 15.3. The largest absolute Gasteiger partial charge is 0.467 e. The number of hydrogen-bond acceptors (Lipinski definition) is 7. The summed E-state index contributed by atoms with van der Waals surface area (Å²) in [6.45, 7) is 2.56. The molecule has 0 saturated carbocycles. The number of halogens is 8. The third-order valence-corrected chi connectivity index (χ3v) is 8.32. The molecule has 4 aromatic rings. The van der Waals surface area contributed by atoms with Gasteiger partial charge in [0.25, 0.3) is 11.5 Å². The van der Waals surface area contributed by atoms with Crippen molar-refractivity contribution in [3.05, 3.63) is 87.0 Å². The van der Waals surface area contributed by atoms with E-state index in [2.05, 4.69) is 10.3 Å². The molecule has 0 bridgehead atoms. The molecule has 0 aliphatic rings. The number of aromatic nitrogens is 2. The monoisotopic (exact) mass is 727 g/mol. The maximum absolute atomic E-state index is 15.1. The van der Waals surface area contributed by atoms with E-state index in [0.717, 1.165) is 17.7 Å². The molecule has 9 nitrogen and oxygen atoms in total. The van der Waals surface area contributed by atoms with Gasteiger partial charge in [0.15, 0.2) is 0 Å². The maximum atomic E-state index is 15.1. The molecule has 1 amide bonds. The molecule has 4 rings (SSSR count). The smallest absolute Gasteiger partial charge is 0.417 e. The number of carbonyl (C=O) groups excluding carboxylic acids is 2. The van der Waals surface area contributed by atoms with E-state index in [1.165, 1.54) is 39.2 Å². The summed E-state index contributed by atoms with van der Waals surface area (Å²) in [5.74, 6) is -5.56. The average Bonchev–Trinajstić information content (AvgIpc) is 3.04. The number of rotatable bonds is 10. The van der Waals surface area contributed by atoms with Crippen LogP contribution in [0.1, 0.15) is 40.5 Å². The molecular weight excluding hydrogens is 694 g/mol. The van der Waals surface area contributed by atoms with Crippen molar-refractivity contribution in [1.29, 1.82) is 0 Å². The number of carbonyl (C=O) groups is 2. The summed E-state index contributed by atoms with van der Waals surface area (Å²) in [6.07, 6.45) is -9.17. The van der Waals surface area contributed by atoms with Gasteiger partial charge in [-0.25, -0.2) is 13.6 Å². The van der Waals surface area contributed by atoms with Crippen molar-refractivity contribution in [2.24, 2.45) is 7.05 Å². The minimum atomic E-state index is -4.92. The maximum Gasteiger partial charge on any atom is 0.417 e. The Balaban J connectivity index is 1.80. The summed E-state index contributed by atoms with van der Waals surface area (Å²) in [4.78, 5) is 45.4. The average molecular weight is 728 g/mol. The van der Waals surface area contributed by atoms with Crippen LogP contribution in [0.2, 0.25) is 0 Å². The van der Waals surface area contributed by atoms with Crippen molar-refractivity contribution >= 4 is 34.2 Å². The lowest BCUT2D eigenvalue weighted by atomic mass is 9.93. The molecule has 17 heteroatoms. The minimum absolute atomic E-state index is 0.0519. The first-order valence-corrected chi connectivity index (χ1v) is 15.3. The number of nitrogens with one attached hydrogen (secondary N) is 2. The van der Waals surface area contributed by atoms with Crippen molar-refractivity contribution < 1.29 is 49.4 Å². The van der Waals surface area contributed by atoms with Gasteiger partial charge in [0.05, 0.1) is 35.6 Å². The molecular formula is C34H33F8N5O4. The Hall–Kier alpha value is -5.22. The van der Waals surface area contributed by atoms with E-state index in [0.29, 0.717) is 17.8 Å². The van der Waals surface area contributed by atoms with E-state index in [1.54, 1.807) is 25.1 Å². The van der Waals surface area contributed by atoms with E-state index in [9.17, 15) is 40.7 Å². The second-order valence-corrected chi connectivity index (χ2v) is 11.9. The predicted molar refractivity (Wildman–Crippen MR) is 174 cm³/mol. The number of hydrogen-bond donors (Lipinski definition) is 2. The van der Waals surface area contributed by atoms with Crippen molar-refractivity contribution in [2.75, 3.05) is 31.4 Å². The summed E-state index contributed by atoms with van der Waals surface area (Å²) in [6, 6.07) is 2.17. The van der Waals surface area contributed by atoms with Crippen molar-refractivity contribution in [3.63, 3.8) is 0 Å². The SMILES string of the molecule is CC[C@@H](Nc1cc(F)c(C(=O)N[C@@H](Cc2ccc(-c3c(C(F)(F)F)cc(C)n(C)c3=O)c3ncc(N(C)C)cc23)C(=O)OC)c(F)c1)C(F)(F)F. The first-order chi connectivity index (χ1) is 23.7. The molecule has 0 fully saturated rings. The molecule has 2 N–H and O–H groups in total. The fraction of sp³-hybridized carbons (Fsp3) is 0.353. The third-order valence-electron chi connectivity index (χ3n) is 8.32. The topological polar surface area (TPSA) is 106 Å². The number of benzene rings is 2. The van der Waals surface area contributed by atoms with Crippen LogP contribution in [0, 0.1) is 18.6 Å². The Morgan fingerprint density at radius 3 is 2.18 bits per heavy atom. The number of ether oxygens (including phenoxy) is 1. The van der Waals surface area contributed by atoms with E-state index in [4.69, 9.17) is 4.74 Å². The van der Waals surface area contributed by atoms with E-state index in [-0.39, 0.29) is 27.7 Å². The van der Waals surface area contributed by atoms with Gasteiger partial charge in [0.1, 0.15) is 29.3 Å². The second-order valence-electron chi connectivity index (χ2n) is 11.9. The fourth-order valence-electron chi connectivity index (χ4n) is 5.47. The number of methoxy groups -OCH3 is 1. The molecule has 2 atom stereocenters. The summed E-state index contributed by atoms with van der Waals surface area (Å²) in [5, 5.41) is 4.34. The zero-order valence-corrected chi connectivity index (χ0v) is 28.1. The van der Waals surface area contributed by atoms with Crippen LogP contribution >= 0.6 is 0 Å². The zero-order chi connectivity index (χ0) is 38.2. The summed E-state index contributed by atoms with van der Waals surface area (Å²) < 4.78 is 118. The normalized spacial score (nSPS) is 13.1. The highest BCUT2D eigenvalue weighted by Gasteiger charge is 2.39. The quantitative estimate of drug-likeness (QED) is 0.141. The number of fused-ring (bicyclic) bond motifs is 1. The summed E-state index contributed by atoms with van der Waals surface area (Å²) >= 11 is 0. The first kappa shape index (κ1) is 38.6. The van der Waals surface area contributed by atoms with Crippen molar-refractivity contribution in [2.45, 2.75) is 51.1 Å². The van der Waals surface area contributed by atoms with Crippen molar-refractivity contribution in [1.82, 2.24) is 14.9 Å². The number of pyridine rings is 2. The predicted octanol–water partition coefficient (Wildman–Crippen LogP) is 6.54. The van der Waals surface area contributed by atoms with Gasteiger partial charge in [-0.15, -0.1) is 0 Å². The van der Waals surface area contributed by atoms with E-state index in [1.807, 2.05) is 5.32 Å². The Bertz CT molecular complexity index is 2020. The Kier molecular flexibility index (Phi) is 11.0. The number of nitrogens with zero attached hydrogens (tertiary/aromatic N) is 3. The highest BCUT2D eigenvalue weighted by atomic mass is 19.4. The van der Waals surface area contributed by atoms with Crippen LogP contribution in [0.3, 0.4) is 0 Å². The standard InChI is InChI=1S/C34H33F8N5O4/c1-7-26(34(40,41)42)44-18-12-23(35)28(24(36)13-18)30(48)45-25(32(50)51-6)11-17-8-9-20(29-21(17)14-19(15-43-29)46(3)4)27-22(33(37,38)39)10-16(2)47(5)31(27)49/h8-10,12-15,25-26,44H,7,11H2,1-6H3,(H,45,48)/t25-,26+/m0/s1. The number of alkyl halides is 6. The van der Waals surface area contributed by atoms with Crippen LogP contribution in [-0.2, 0) is 29.2 Å². The van der Waals surface area contributed by atoms with E-state index < -0.39 is 88.7 Å². The molecule has 2 aromatic carbocycles. The van der Waals surface area contributed by atoms with Crippen LogP contribution < -0.4 is 21.1 Å². The van der Waals surface area contributed by atoms with Crippen LogP contribution in [-0.4, -0.2) is 60.9 Å². The van der Waals surface area contributed by atoms with Crippen molar-refractivity contribution in [3.8, 4) is 11.1 Å². The molecule has 2 heterocycles. The molecule has 0 spiro atoms. The van der Waals surface area contributed by atoms with Gasteiger partial charge in [-0.1, -0.05) is 19.1 Å². The van der Waals surface area contributed by atoms with Crippen LogP contribution in [0.5, 0.6) is 0 Å².